The number of aromatic nitrogens is 3. The zero-order chi connectivity index (χ0) is 16.8. The number of fused-ring (bicyclic) bond motifs is 2. The molecular weight excluding hydrogens is 310 g/mol. The van der Waals surface area contributed by atoms with E-state index >= 15 is 0 Å². The monoisotopic (exact) mass is 325 g/mol. The maximum Gasteiger partial charge on any atom is 0.336 e. The maximum atomic E-state index is 11.7. The zero-order valence-electron chi connectivity index (χ0n) is 13.2. The Labute approximate surface area is 137 Å². The van der Waals surface area contributed by atoms with Gasteiger partial charge in [0, 0.05) is 12.6 Å². The van der Waals surface area contributed by atoms with E-state index in [2.05, 4.69) is 10.1 Å². The van der Waals surface area contributed by atoms with Crippen LogP contribution in [-0.4, -0.2) is 39.1 Å². The number of nitrogens with zero attached hydrogens (tertiary/aromatic N) is 3. The Kier molecular flexibility index (Phi) is 3.16. The van der Waals surface area contributed by atoms with E-state index in [9.17, 15) is 9.90 Å². The molecule has 0 saturated heterocycles. The Bertz CT molecular complexity index is 978. The molecule has 0 atom stereocenters. The lowest BCUT2D eigenvalue weighted by Gasteiger charge is -2.18. The normalized spacial score (nSPS) is 13.2. The average Bonchev–Trinajstić information content (AvgIpc) is 2.88. The summed E-state index contributed by atoms with van der Waals surface area (Å²) in [5, 5.41) is 14.4. The van der Waals surface area contributed by atoms with E-state index in [-0.39, 0.29) is 5.56 Å². The van der Waals surface area contributed by atoms with Gasteiger partial charge in [0.15, 0.2) is 17.1 Å². The van der Waals surface area contributed by atoms with Crippen molar-refractivity contribution in [3.05, 3.63) is 35.5 Å². The first-order valence-corrected chi connectivity index (χ1v) is 7.52. The molecule has 0 fully saturated rings. The van der Waals surface area contributed by atoms with Gasteiger partial charge in [0.05, 0.1) is 22.3 Å². The molecule has 0 radical (unpaired) electrons. The zero-order valence-corrected chi connectivity index (χ0v) is 13.2. The first-order valence-electron chi connectivity index (χ1n) is 7.52. The first kappa shape index (κ1) is 14.5. The number of carboxylic acid groups (broad SMARTS) is 1. The van der Waals surface area contributed by atoms with Crippen LogP contribution in [0.3, 0.4) is 0 Å². The van der Waals surface area contributed by atoms with Crippen LogP contribution in [0.15, 0.2) is 24.3 Å². The third-order valence-corrected chi connectivity index (χ3v) is 4.04. The summed E-state index contributed by atoms with van der Waals surface area (Å²) >= 11 is 0. The van der Waals surface area contributed by atoms with Gasteiger partial charge in [0.25, 0.3) is 0 Å². The van der Waals surface area contributed by atoms with Crippen molar-refractivity contribution in [1.82, 2.24) is 14.8 Å². The summed E-state index contributed by atoms with van der Waals surface area (Å²) in [7, 11) is 1.75. The molecule has 24 heavy (non-hydrogen) atoms. The van der Waals surface area contributed by atoms with Gasteiger partial charge in [-0.3, -0.25) is 4.68 Å². The minimum atomic E-state index is -1.00. The SMILES string of the molecule is Cc1nn(C)c2nc(-c3ccc4c(c3)OCCO4)cc(C(=O)O)c12. The molecular formula is C17H15N3O4. The molecule has 1 aliphatic heterocycles. The molecule has 0 bridgehead atoms. The Hall–Kier alpha value is -3.09. The highest BCUT2D eigenvalue weighted by Gasteiger charge is 2.20. The van der Waals surface area contributed by atoms with Gasteiger partial charge < -0.3 is 14.6 Å². The van der Waals surface area contributed by atoms with E-state index < -0.39 is 5.97 Å². The molecule has 1 aliphatic rings. The fourth-order valence-electron chi connectivity index (χ4n) is 2.96. The van der Waals surface area contributed by atoms with Crippen LogP contribution < -0.4 is 9.47 Å². The fourth-order valence-corrected chi connectivity index (χ4v) is 2.96. The van der Waals surface area contributed by atoms with Gasteiger partial charge in [0.1, 0.15) is 13.2 Å². The highest BCUT2D eigenvalue weighted by molar-refractivity contribution is 6.04. The largest absolute Gasteiger partial charge is 0.486 e. The molecule has 0 amide bonds. The van der Waals surface area contributed by atoms with Crippen molar-refractivity contribution in [1.29, 1.82) is 0 Å². The first-order chi connectivity index (χ1) is 11.5. The second-order valence-electron chi connectivity index (χ2n) is 5.63. The fraction of sp³-hybridized carbons (Fsp3) is 0.235. The number of benzene rings is 1. The van der Waals surface area contributed by atoms with Crippen molar-refractivity contribution in [2.24, 2.45) is 7.05 Å². The van der Waals surface area contributed by atoms with E-state index in [4.69, 9.17) is 9.47 Å². The van der Waals surface area contributed by atoms with E-state index in [1.54, 1.807) is 24.7 Å². The number of hydrogen-bond acceptors (Lipinski definition) is 5. The number of rotatable bonds is 2. The van der Waals surface area contributed by atoms with Crippen molar-refractivity contribution < 1.29 is 19.4 Å². The third kappa shape index (κ3) is 2.17. The van der Waals surface area contributed by atoms with E-state index in [1.807, 2.05) is 18.2 Å². The topological polar surface area (TPSA) is 86.5 Å². The summed E-state index contributed by atoms with van der Waals surface area (Å²) in [4.78, 5) is 16.3. The molecule has 122 valence electrons. The number of pyridine rings is 1. The Balaban J connectivity index is 1.94. The Morgan fingerprint density at radius 3 is 2.71 bits per heavy atom. The van der Waals surface area contributed by atoms with Gasteiger partial charge in [-0.15, -0.1) is 0 Å². The summed E-state index contributed by atoms with van der Waals surface area (Å²) in [5.41, 5.74) is 2.70. The van der Waals surface area contributed by atoms with Gasteiger partial charge in [-0.25, -0.2) is 9.78 Å². The van der Waals surface area contributed by atoms with Crippen LogP contribution in [-0.2, 0) is 7.05 Å². The molecule has 2 aromatic heterocycles. The number of aromatic carboxylic acids is 1. The lowest BCUT2D eigenvalue weighted by atomic mass is 10.0. The molecule has 3 aromatic rings. The standard InChI is InChI=1S/C17H15N3O4/c1-9-15-11(17(21)22)8-12(18-16(15)20(2)19-9)10-3-4-13-14(7-10)24-6-5-23-13/h3-4,7-8H,5-6H2,1-2H3,(H,21,22). The van der Waals surface area contributed by atoms with Crippen LogP contribution in [0.5, 0.6) is 11.5 Å². The number of ether oxygens (including phenoxy) is 2. The Morgan fingerprint density at radius 2 is 1.96 bits per heavy atom. The summed E-state index contributed by atoms with van der Waals surface area (Å²) in [5.74, 6) is 0.317. The number of carboxylic acids is 1. The van der Waals surface area contributed by atoms with Crippen molar-refractivity contribution in [3.63, 3.8) is 0 Å². The van der Waals surface area contributed by atoms with Crippen LogP contribution in [0.4, 0.5) is 0 Å². The highest BCUT2D eigenvalue weighted by Crippen LogP contribution is 2.35. The van der Waals surface area contributed by atoms with Crippen molar-refractivity contribution in [2.45, 2.75) is 6.92 Å². The molecule has 0 aliphatic carbocycles. The number of hydrogen-bond donors (Lipinski definition) is 1. The van der Waals surface area contributed by atoms with E-state index in [1.165, 1.54) is 0 Å². The molecule has 0 saturated carbocycles. The quantitative estimate of drug-likeness (QED) is 0.778. The smallest absolute Gasteiger partial charge is 0.336 e. The van der Waals surface area contributed by atoms with Crippen LogP contribution in [0.2, 0.25) is 0 Å². The van der Waals surface area contributed by atoms with Crippen molar-refractivity contribution in [3.8, 4) is 22.8 Å². The van der Waals surface area contributed by atoms with Gasteiger partial charge in [-0.1, -0.05) is 0 Å². The number of aryl methyl sites for hydroxylation is 2. The van der Waals surface area contributed by atoms with Crippen molar-refractivity contribution in [2.75, 3.05) is 13.2 Å². The van der Waals surface area contributed by atoms with Crippen LogP contribution in [0, 0.1) is 6.92 Å². The third-order valence-electron chi connectivity index (χ3n) is 4.04. The lowest BCUT2D eigenvalue weighted by Crippen LogP contribution is -2.15. The molecule has 1 N–H and O–H groups in total. The maximum absolute atomic E-state index is 11.7. The molecule has 7 nitrogen and oxygen atoms in total. The van der Waals surface area contributed by atoms with Crippen LogP contribution in [0.25, 0.3) is 22.3 Å². The molecule has 0 unspecified atom stereocenters. The molecule has 1 aromatic carbocycles. The minimum Gasteiger partial charge on any atom is -0.486 e. The molecule has 0 spiro atoms. The second-order valence-corrected chi connectivity index (χ2v) is 5.63. The molecule has 3 heterocycles. The van der Waals surface area contributed by atoms with Gasteiger partial charge >= 0.3 is 5.97 Å². The summed E-state index contributed by atoms with van der Waals surface area (Å²) in [6.07, 6.45) is 0. The molecule has 4 rings (SSSR count). The molecule has 7 heteroatoms. The van der Waals surface area contributed by atoms with Gasteiger partial charge in [0.2, 0.25) is 0 Å². The average molecular weight is 325 g/mol. The van der Waals surface area contributed by atoms with Gasteiger partial charge in [-0.2, -0.15) is 5.10 Å². The summed E-state index contributed by atoms with van der Waals surface area (Å²) in [6.45, 7) is 2.79. The number of carbonyl (C=O) groups is 1. The lowest BCUT2D eigenvalue weighted by molar-refractivity contribution is 0.0699. The van der Waals surface area contributed by atoms with E-state index in [0.29, 0.717) is 47.1 Å². The predicted octanol–water partition coefficient (Wildman–Crippen LogP) is 2.41. The summed E-state index contributed by atoms with van der Waals surface area (Å²) in [6, 6.07) is 7.05. The highest BCUT2D eigenvalue weighted by atomic mass is 16.6. The van der Waals surface area contributed by atoms with E-state index in [0.717, 1.165) is 5.56 Å². The Morgan fingerprint density at radius 1 is 1.21 bits per heavy atom. The van der Waals surface area contributed by atoms with Crippen LogP contribution >= 0.6 is 0 Å². The van der Waals surface area contributed by atoms with Gasteiger partial charge in [-0.05, 0) is 31.2 Å². The minimum absolute atomic E-state index is 0.190. The predicted molar refractivity (Wildman–Crippen MR) is 86.6 cm³/mol. The summed E-state index contributed by atoms with van der Waals surface area (Å²) < 4.78 is 12.7. The van der Waals surface area contributed by atoms with Crippen molar-refractivity contribution >= 4 is 17.0 Å². The van der Waals surface area contributed by atoms with Crippen LogP contribution in [0.1, 0.15) is 16.1 Å². The second kappa shape index (κ2) is 5.23.